The van der Waals surface area contributed by atoms with Gasteiger partial charge >= 0.3 is 0 Å². The van der Waals surface area contributed by atoms with Crippen LogP contribution in [-0.2, 0) is 0 Å². The second-order valence-corrected chi connectivity index (χ2v) is 6.73. The van der Waals surface area contributed by atoms with E-state index >= 15 is 0 Å². The van der Waals surface area contributed by atoms with Crippen LogP contribution >= 0.6 is 34.3 Å². The first-order valence-electron chi connectivity index (χ1n) is 5.75. The van der Waals surface area contributed by atoms with Crippen molar-refractivity contribution < 1.29 is 0 Å². The highest BCUT2D eigenvalue weighted by Crippen LogP contribution is 2.30. The highest BCUT2D eigenvalue weighted by atomic mass is 35.5. The number of halogens is 1. The summed E-state index contributed by atoms with van der Waals surface area (Å²) in [6.07, 6.45) is 1.10. The largest absolute Gasteiger partial charge is 0.302 e. The van der Waals surface area contributed by atoms with Crippen molar-refractivity contribution in [1.82, 2.24) is 5.32 Å². The summed E-state index contributed by atoms with van der Waals surface area (Å²) in [6, 6.07) is 9.15. The molecule has 0 aliphatic rings. The van der Waals surface area contributed by atoms with Gasteiger partial charge in [-0.05, 0) is 36.9 Å². The predicted octanol–water partition coefficient (Wildman–Crippen LogP) is 5.26. The lowest BCUT2D eigenvalue weighted by molar-refractivity contribution is 0.466. The van der Waals surface area contributed by atoms with Crippen LogP contribution in [0.2, 0.25) is 4.34 Å². The van der Waals surface area contributed by atoms with Gasteiger partial charge in [-0.25, -0.2) is 0 Å². The van der Waals surface area contributed by atoms with Crippen molar-refractivity contribution in [2.45, 2.75) is 32.4 Å². The van der Waals surface area contributed by atoms with Crippen LogP contribution in [0.3, 0.4) is 0 Å². The monoisotopic (exact) mass is 285 g/mol. The maximum absolute atomic E-state index is 5.97. The molecule has 2 aromatic rings. The van der Waals surface area contributed by atoms with Crippen molar-refractivity contribution in [3.8, 4) is 0 Å². The third kappa shape index (κ3) is 3.32. The fraction of sp³-hybridized carbons (Fsp3) is 0.385. The minimum Gasteiger partial charge on any atom is -0.302 e. The van der Waals surface area contributed by atoms with Crippen molar-refractivity contribution in [1.29, 1.82) is 0 Å². The van der Waals surface area contributed by atoms with Crippen LogP contribution in [0.4, 0.5) is 0 Å². The van der Waals surface area contributed by atoms with E-state index in [1.807, 2.05) is 17.4 Å². The quantitative estimate of drug-likeness (QED) is 0.789. The van der Waals surface area contributed by atoms with Crippen LogP contribution in [0.25, 0.3) is 0 Å². The Labute approximate surface area is 115 Å². The molecule has 1 nitrogen and oxygen atoms in total. The van der Waals surface area contributed by atoms with Gasteiger partial charge < -0.3 is 5.32 Å². The summed E-state index contributed by atoms with van der Waals surface area (Å²) in [4.78, 5) is 2.70. The standard InChI is InChI=1S/C13H16ClNS2/c1-3-10(12-5-4-8-16-12)15-9(2)11-6-7-13(14)17-11/h4-10,15H,3H2,1-2H3. The Morgan fingerprint density at radius 3 is 2.65 bits per heavy atom. The number of nitrogens with one attached hydrogen (secondary N) is 1. The SMILES string of the molecule is CCC(NC(C)c1ccc(Cl)s1)c1cccs1. The predicted molar refractivity (Wildman–Crippen MR) is 78.2 cm³/mol. The van der Waals surface area contributed by atoms with E-state index < -0.39 is 0 Å². The Hall–Kier alpha value is -0.350. The molecule has 17 heavy (non-hydrogen) atoms. The van der Waals surface area contributed by atoms with Gasteiger partial charge in [-0.15, -0.1) is 22.7 Å². The molecule has 0 saturated carbocycles. The lowest BCUT2D eigenvalue weighted by Gasteiger charge is -2.20. The molecule has 0 aliphatic heterocycles. The molecule has 2 unspecified atom stereocenters. The van der Waals surface area contributed by atoms with Gasteiger partial charge in [0, 0.05) is 21.8 Å². The Morgan fingerprint density at radius 2 is 2.12 bits per heavy atom. The van der Waals surface area contributed by atoms with E-state index in [1.54, 1.807) is 11.3 Å². The molecule has 1 N–H and O–H groups in total. The minimum absolute atomic E-state index is 0.347. The summed E-state index contributed by atoms with van der Waals surface area (Å²) in [5.74, 6) is 0. The Bertz CT molecular complexity index is 450. The van der Waals surface area contributed by atoms with Gasteiger partial charge in [-0.3, -0.25) is 0 Å². The van der Waals surface area contributed by atoms with Crippen molar-refractivity contribution in [3.63, 3.8) is 0 Å². The summed E-state index contributed by atoms with van der Waals surface area (Å²) in [5.41, 5.74) is 0. The van der Waals surface area contributed by atoms with Crippen molar-refractivity contribution in [2.75, 3.05) is 0 Å². The smallest absolute Gasteiger partial charge is 0.0931 e. The second-order valence-electron chi connectivity index (χ2n) is 4.01. The average Bonchev–Trinajstić information content (AvgIpc) is 2.96. The van der Waals surface area contributed by atoms with Gasteiger partial charge in [0.05, 0.1) is 4.34 Å². The minimum atomic E-state index is 0.347. The third-order valence-electron chi connectivity index (χ3n) is 2.77. The molecule has 0 radical (unpaired) electrons. The summed E-state index contributed by atoms with van der Waals surface area (Å²) < 4.78 is 0.859. The van der Waals surface area contributed by atoms with Gasteiger partial charge in [0.25, 0.3) is 0 Å². The van der Waals surface area contributed by atoms with Gasteiger partial charge in [0.1, 0.15) is 0 Å². The van der Waals surface area contributed by atoms with Crippen LogP contribution in [0.15, 0.2) is 29.6 Å². The first-order valence-corrected chi connectivity index (χ1v) is 7.82. The fourth-order valence-electron chi connectivity index (χ4n) is 1.84. The highest BCUT2D eigenvalue weighted by Gasteiger charge is 2.15. The van der Waals surface area contributed by atoms with Crippen molar-refractivity contribution in [3.05, 3.63) is 43.7 Å². The maximum atomic E-state index is 5.97. The topological polar surface area (TPSA) is 12.0 Å². The molecular formula is C13H16ClNS2. The molecule has 2 atom stereocenters. The van der Waals surface area contributed by atoms with Crippen LogP contribution in [0.1, 0.15) is 42.1 Å². The third-order valence-corrected chi connectivity index (χ3v) is 5.17. The average molecular weight is 286 g/mol. The highest BCUT2D eigenvalue weighted by molar-refractivity contribution is 7.16. The van der Waals surface area contributed by atoms with E-state index in [1.165, 1.54) is 9.75 Å². The molecule has 2 rings (SSSR count). The van der Waals surface area contributed by atoms with Crippen LogP contribution < -0.4 is 5.32 Å². The molecule has 0 amide bonds. The molecule has 2 heterocycles. The molecule has 0 aliphatic carbocycles. The molecule has 0 bridgehead atoms. The molecule has 92 valence electrons. The Balaban J connectivity index is 2.04. The molecule has 4 heteroatoms. The van der Waals surface area contributed by atoms with Gasteiger partial charge in [0.2, 0.25) is 0 Å². The summed E-state index contributed by atoms with van der Waals surface area (Å²) in [5, 5.41) is 5.79. The normalized spacial score (nSPS) is 14.8. The van der Waals surface area contributed by atoms with E-state index in [4.69, 9.17) is 11.6 Å². The van der Waals surface area contributed by atoms with Crippen molar-refractivity contribution >= 4 is 34.3 Å². The Kier molecular flexibility index (Phi) is 4.62. The van der Waals surface area contributed by atoms with E-state index in [2.05, 4.69) is 42.7 Å². The first kappa shape index (κ1) is 13.1. The first-order chi connectivity index (χ1) is 8.20. The van der Waals surface area contributed by atoms with Gasteiger partial charge in [-0.2, -0.15) is 0 Å². The number of thiophene rings is 2. The van der Waals surface area contributed by atoms with E-state index in [0.29, 0.717) is 12.1 Å². The lowest BCUT2D eigenvalue weighted by Crippen LogP contribution is -2.22. The molecule has 0 saturated heterocycles. The van der Waals surface area contributed by atoms with Crippen LogP contribution in [-0.4, -0.2) is 0 Å². The van der Waals surface area contributed by atoms with Gasteiger partial charge in [0.15, 0.2) is 0 Å². The van der Waals surface area contributed by atoms with Gasteiger partial charge in [-0.1, -0.05) is 24.6 Å². The maximum Gasteiger partial charge on any atom is 0.0931 e. The zero-order chi connectivity index (χ0) is 12.3. The number of rotatable bonds is 5. The molecule has 0 aromatic carbocycles. The fourth-order valence-corrected chi connectivity index (χ4v) is 3.78. The van der Waals surface area contributed by atoms with E-state index in [0.717, 1.165) is 10.8 Å². The molecule has 0 spiro atoms. The zero-order valence-corrected chi connectivity index (χ0v) is 12.3. The van der Waals surface area contributed by atoms with Crippen LogP contribution in [0.5, 0.6) is 0 Å². The van der Waals surface area contributed by atoms with Crippen molar-refractivity contribution in [2.24, 2.45) is 0 Å². The summed E-state index contributed by atoms with van der Waals surface area (Å²) >= 11 is 9.43. The van der Waals surface area contributed by atoms with E-state index in [-0.39, 0.29) is 0 Å². The number of hydrogen-bond donors (Lipinski definition) is 1. The summed E-state index contributed by atoms with van der Waals surface area (Å²) in [7, 11) is 0. The molecular weight excluding hydrogens is 270 g/mol. The second kappa shape index (κ2) is 6.01. The van der Waals surface area contributed by atoms with E-state index in [9.17, 15) is 0 Å². The zero-order valence-electron chi connectivity index (χ0n) is 9.94. The molecule has 2 aromatic heterocycles. The summed E-state index contributed by atoms with van der Waals surface area (Å²) in [6.45, 7) is 4.41. The lowest BCUT2D eigenvalue weighted by atomic mass is 10.1. The molecule has 0 fully saturated rings. The number of hydrogen-bond acceptors (Lipinski definition) is 3. The Morgan fingerprint density at radius 1 is 1.29 bits per heavy atom. The van der Waals surface area contributed by atoms with Crippen LogP contribution in [0, 0.1) is 0 Å².